The molecule has 68 valence electrons. The molecule has 2 rings (SSSR count). The molecule has 2 aromatic rings. The van der Waals surface area contributed by atoms with Gasteiger partial charge in [0.15, 0.2) is 5.95 Å². The summed E-state index contributed by atoms with van der Waals surface area (Å²) in [7, 11) is 0. The van der Waals surface area contributed by atoms with Gasteiger partial charge in [-0.2, -0.15) is 0 Å². The van der Waals surface area contributed by atoms with Crippen molar-refractivity contribution in [1.29, 1.82) is 0 Å². The zero-order valence-corrected chi connectivity index (χ0v) is 7.60. The summed E-state index contributed by atoms with van der Waals surface area (Å²) in [6.07, 6.45) is 0. The van der Waals surface area contributed by atoms with Crippen LogP contribution in [-0.2, 0) is 5.88 Å². The molecule has 0 aliphatic rings. The minimum absolute atomic E-state index is 0.369. The number of nitrogen functional groups attached to an aromatic ring is 2. The number of fused-ring (bicyclic) bond motifs is 1. The molecule has 0 spiro atoms. The first kappa shape index (κ1) is 8.19. The van der Waals surface area contributed by atoms with Crippen LogP contribution in [0.2, 0.25) is 0 Å². The van der Waals surface area contributed by atoms with Gasteiger partial charge in [-0.15, -0.1) is 11.6 Å². The van der Waals surface area contributed by atoms with Crippen LogP contribution < -0.4 is 11.5 Å². The van der Waals surface area contributed by atoms with Crippen molar-refractivity contribution in [2.24, 2.45) is 0 Å². The van der Waals surface area contributed by atoms with E-state index in [1.54, 1.807) is 6.07 Å². The molecule has 0 saturated heterocycles. The summed E-state index contributed by atoms with van der Waals surface area (Å²) < 4.78 is 0. The summed E-state index contributed by atoms with van der Waals surface area (Å²) in [6.45, 7) is 0. The smallest absolute Gasteiger partial charge is 0.198 e. The summed E-state index contributed by atoms with van der Waals surface area (Å²) in [5.41, 5.74) is 14.3. The summed E-state index contributed by atoms with van der Waals surface area (Å²) in [5.74, 6) is 0.799. The third kappa shape index (κ3) is 1.29. The number of aromatic nitrogens is 2. The number of benzene rings is 1. The Bertz CT molecular complexity index is 449. The second-order valence-corrected chi connectivity index (χ2v) is 3.10. The topological polar surface area (TPSA) is 80.7 Å². The van der Waals surface area contributed by atoms with Gasteiger partial charge < -0.3 is 16.5 Å². The third-order valence-corrected chi connectivity index (χ3v) is 2.16. The second kappa shape index (κ2) is 2.81. The van der Waals surface area contributed by atoms with Gasteiger partial charge in [-0.25, -0.2) is 4.98 Å². The average molecular weight is 197 g/mol. The molecule has 0 bridgehead atoms. The van der Waals surface area contributed by atoms with Crippen LogP contribution >= 0.6 is 11.6 Å². The molecule has 4 nitrogen and oxygen atoms in total. The molecule has 1 aromatic carbocycles. The molecule has 1 heterocycles. The molecule has 1 aromatic heterocycles. The zero-order valence-electron chi connectivity index (χ0n) is 6.84. The number of aromatic amines is 1. The third-order valence-electron chi connectivity index (χ3n) is 1.85. The maximum Gasteiger partial charge on any atom is 0.198 e. The van der Waals surface area contributed by atoms with E-state index in [-0.39, 0.29) is 0 Å². The molecule has 0 saturated carbocycles. The van der Waals surface area contributed by atoms with Crippen molar-refractivity contribution in [3.05, 3.63) is 17.7 Å². The Morgan fingerprint density at radius 3 is 2.85 bits per heavy atom. The number of H-pyrrole nitrogens is 1. The summed E-state index contributed by atoms with van der Waals surface area (Å²) in [4.78, 5) is 6.94. The molecule has 0 aliphatic carbocycles. The van der Waals surface area contributed by atoms with Gasteiger partial charge in [0.1, 0.15) is 5.52 Å². The minimum atomic E-state index is 0.369. The molecule has 5 N–H and O–H groups in total. The summed E-state index contributed by atoms with van der Waals surface area (Å²) in [5, 5.41) is 0. The van der Waals surface area contributed by atoms with Gasteiger partial charge in [-0.1, -0.05) is 0 Å². The molecule has 0 fully saturated rings. The first-order valence-electron chi connectivity index (χ1n) is 3.80. The lowest BCUT2D eigenvalue weighted by Crippen LogP contribution is -1.89. The standard InChI is InChI=1S/C8H9ClN4/c9-3-4-1-5(10)7-6(2-4)12-8(11)13-7/h1-2H,3,10H2,(H3,11,12,13). The second-order valence-electron chi connectivity index (χ2n) is 2.84. The van der Waals surface area contributed by atoms with E-state index in [4.69, 9.17) is 23.1 Å². The lowest BCUT2D eigenvalue weighted by atomic mass is 10.2. The number of imidazole rings is 1. The van der Waals surface area contributed by atoms with Crippen molar-refractivity contribution in [1.82, 2.24) is 9.97 Å². The molecule has 0 unspecified atom stereocenters. The normalized spacial score (nSPS) is 10.8. The van der Waals surface area contributed by atoms with Gasteiger partial charge in [0.25, 0.3) is 0 Å². The maximum atomic E-state index is 5.75. The number of nitrogens with two attached hydrogens (primary N) is 2. The highest BCUT2D eigenvalue weighted by molar-refractivity contribution is 6.17. The molecule has 0 aliphatic heterocycles. The Kier molecular flexibility index (Phi) is 1.77. The lowest BCUT2D eigenvalue weighted by Gasteiger charge is -1.98. The zero-order chi connectivity index (χ0) is 9.42. The van der Waals surface area contributed by atoms with Crippen LogP contribution in [0.15, 0.2) is 12.1 Å². The largest absolute Gasteiger partial charge is 0.397 e. The monoisotopic (exact) mass is 196 g/mol. The minimum Gasteiger partial charge on any atom is -0.397 e. The van der Waals surface area contributed by atoms with E-state index >= 15 is 0 Å². The number of nitrogens with zero attached hydrogens (tertiary/aromatic N) is 1. The predicted octanol–water partition coefficient (Wildman–Crippen LogP) is 1.47. The van der Waals surface area contributed by atoms with Crippen LogP contribution in [0, 0.1) is 0 Å². The van der Waals surface area contributed by atoms with Crippen molar-refractivity contribution in [2.45, 2.75) is 5.88 Å². The van der Waals surface area contributed by atoms with E-state index in [2.05, 4.69) is 9.97 Å². The van der Waals surface area contributed by atoms with Gasteiger partial charge in [0, 0.05) is 5.88 Å². The Morgan fingerprint density at radius 2 is 2.15 bits per heavy atom. The fourth-order valence-corrected chi connectivity index (χ4v) is 1.46. The number of halogens is 1. The highest BCUT2D eigenvalue weighted by atomic mass is 35.5. The summed E-state index contributed by atoms with van der Waals surface area (Å²) in [6, 6.07) is 3.69. The number of rotatable bonds is 1. The fraction of sp³-hybridized carbons (Fsp3) is 0.125. The van der Waals surface area contributed by atoms with E-state index < -0.39 is 0 Å². The van der Waals surface area contributed by atoms with Crippen LogP contribution in [0.1, 0.15) is 5.56 Å². The van der Waals surface area contributed by atoms with Gasteiger partial charge in [0.05, 0.1) is 11.2 Å². The molecule has 5 heteroatoms. The predicted molar refractivity (Wildman–Crippen MR) is 54.5 cm³/mol. The lowest BCUT2D eigenvalue weighted by molar-refractivity contribution is 1.35. The van der Waals surface area contributed by atoms with Crippen LogP contribution in [0.5, 0.6) is 0 Å². The van der Waals surface area contributed by atoms with E-state index in [1.807, 2.05) is 6.07 Å². The highest BCUT2D eigenvalue weighted by Gasteiger charge is 2.05. The maximum absolute atomic E-state index is 5.75. The molecular weight excluding hydrogens is 188 g/mol. The van der Waals surface area contributed by atoms with Gasteiger partial charge >= 0.3 is 0 Å². The van der Waals surface area contributed by atoms with Crippen molar-refractivity contribution in [2.75, 3.05) is 11.5 Å². The molecular formula is C8H9ClN4. The van der Waals surface area contributed by atoms with Crippen molar-refractivity contribution in [3.8, 4) is 0 Å². The van der Waals surface area contributed by atoms with Crippen LogP contribution in [-0.4, -0.2) is 9.97 Å². The van der Waals surface area contributed by atoms with E-state index in [0.29, 0.717) is 23.0 Å². The molecule has 0 amide bonds. The van der Waals surface area contributed by atoms with Crippen molar-refractivity contribution >= 4 is 34.3 Å². The number of alkyl halides is 1. The number of hydrogen-bond acceptors (Lipinski definition) is 3. The van der Waals surface area contributed by atoms with E-state index in [1.165, 1.54) is 0 Å². The molecule has 0 atom stereocenters. The highest BCUT2D eigenvalue weighted by Crippen LogP contribution is 2.22. The molecule has 0 radical (unpaired) electrons. The Hall–Kier alpha value is -1.42. The first-order chi connectivity index (χ1) is 6.20. The molecule has 13 heavy (non-hydrogen) atoms. The van der Waals surface area contributed by atoms with E-state index in [9.17, 15) is 0 Å². The quantitative estimate of drug-likeness (QED) is 0.477. The van der Waals surface area contributed by atoms with E-state index in [0.717, 1.165) is 11.1 Å². The van der Waals surface area contributed by atoms with Crippen molar-refractivity contribution < 1.29 is 0 Å². The SMILES string of the molecule is Nc1nc2c(N)cc(CCl)cc2[nH]1. The average Bonchev–Trinajstić information content (AvgIpc) is 2.46. The van der Waals surface area contributed by atoms with Gasteiger partial charge in [-0.3, -0.25) is 0 Å². The number of anilines is 2. The van der Waals surface area contributed by atoms with Gasteiger partial charge in [-0.05, 0) is 17.7 Å². The van der Waals surface area contributed by atoms with Crippen LogP contribution in [0.3, 0.4) is 0 Å². The van der Waals surface area contributed by atoms with Crippen LogP contribution in [0.25, 0.3) is 11.0 Å². The number of hydrogen-bond donors (Lipinski definition) is 3. The first-order valence-corrected chi connectivity index (χ1v) is 4.33. The summed E-state index contributed by atoms with van der Waals surface area (Å²) >= 11 is 5.68. The Balaban J connectivity index is 2.75. The Morgan fingerprint density at radius 1 is 1.38 bits per heavy atom. The van der Waals surface area contributed by atoms with Crippen LogP contribution in [0.4, 0.5) is 11.6 Å². The Labute approximate surface area is 79.9 Å². The van der Waals surface area contributed by atoms with Crippen molar-refractivity contribution in [3.63, 3.8) is 0 Å². The number of nitrogens with one attached hydrogen (secondary N) is 1. The van der Waals surface area contributed by atoms with Gasteiger partial charge in [0.2, 0.25) is 0 Å². The fourth-order valence-electron chi connectivity index (χ4n) is 1.30.